The number of ether oxygens (including phenoxy) is 1. The third-order valence-corrected chi connectivity index (χ3v) is 2.67. The highest BCUT2D eigenvalue weighted by Crippen LogP contribution is 2.19. The summed E-state index contributed by atoms with van der Waals surface area (Å²) >= 11 is 3.02. The Kier molecular flexibility index (Phi) is 3.88. The van der Waals surface area contributed by atoms with Crippen LogP contribution in [0.4, 0.5) is 0 Å². The molecule has 1 saturated heterocycles. The number of aliphatic hydroxyl groups is 1. The third-order valence-electron chi connectivity index (χ3n) is 2.19. The van der Waals surface area contributed by atoms with Crippen molar-refractivity contribution < 1.29 is 19.4 Å². The molecule has 2 atom stereocenters. The fourth-order valence-electron chi connectivity index (χ4n) is 1.53. The van der Waals surface area contributed by atoms with E-state index < -0.39 is 18.1 Å². The monoisotopic (exact) mass is 265 g/mol. The summed E-state index contributed by atoms with van der Waals surface area (Å²) in [4.78, 5) is 23.9. The van der Waals surface area contributed by atoms with E-state index in [9.17, 15) is 14.7 Å². The molecule has 1 amide bonds. The maximum Gasteiger partial charge on any atom is 0.328 e. The van der Waals surface area contributed by atoms with Crippen LogP contribution >= 0.6 is 15.9 Å². The Bertz CT molecular complexity index is 221. The lowest BCUT2D eigenvalue weighted by Gasteiger charge is -2.21. The Balaban J connectivity index is 2.72. The number of amides is 1. The molecule has 1 rings (SSSR count). The van der Waals surface area contributed by atoms with E-state index >= 15 is 0 Å². The summed E-state index contributed by atoms with van der Waals surface area (Å²) in [6, 6.07) is -0.639. The summed E-state index contributed by atoms with van der Waals surface area (Å²) in [6.07, 6.45) is -0.382. The van der Waals surface area contributed by atoms with Crippen molar-refractivity contribution >= 4 is 27.8 Å². The minimum absolute atomic E-state index is 0.146. The molecule has 1 heterocycles. The van der Waals surface area contributed by atoms with Crippen molar-refractivity contribution in [2.24, 2.45) is 0 Å². The summed E-state index contributed by atoms with van der Waals surface area (Å²) in [6.45, 7) is 0.199. The zero-order valence-electron chi connectivity index (χ0n) is 7.77. The molecule has 0 saturated carbocycles. The van der Waals surface area contributed by atoms with Crippen molar-refractivity contribution in [2.45, 2.75) is 18.6 Å². The van der Waals surface area contributed by atoms with Gasteiger partial charge in [0.25, 0.3) is 0 Å². The number of aliphatic hydroxyl groups excluding tert-OH is 1. The molecule has 0 spiro atoms. The van der Waals surface area contributed by atoms with Gasteiger partial charge in [-0.25, -0.2) is 4.79 Å². The van der Waals surface area contributed by atoms with E-state index in [-0.39, 0.29) is 24.2 Å². The fraction of sp³-hybridized carbons (Fsp3) is 0.750. The average molecular weight is 266 g/mol. The lowest BCUT2D eigenvalue weighted by Crippen LogP contribution is -2.41. The number of alkyl halides is 1. The number of likely N-dealkylation sites (tertiary alicyclic amines) is 1. The van der Waals surface area contributed by atoms with Crippen LogP contribution in [0, 0.1) is 0 Å². The number of hydrogen-bond donors (Lipinski definition) is 1. The van der Waals surface area contributed by atoms with Gasteiger partial charge in [-0.1, -0.05) is 15.9 Å². The van der Waals surface area contributed by atoms with E-state index in [1.54, 1.807) is 0 Å². The molecule has 0 aliphatic carbocycles. The maximum atomic E-state index is 11.4. The second kappa shape index (κ2) is 4.75. The second-order valence-electron chi connectivity index (χ2n) is 3.11. The molecule has 5 nitrogen and oxygen atoms in total. The van der Waals surface area contributed by atoms with Gasteiger partial charge in [-0.3, -0.25) is 4.79 Å². The molecule has 0 radical (unpaired) electrons. The lowest BCUT2D eigenvalue weighted by molar-refractivity contribution is -0.150. The molecule has 14 heavy (non-hydrogen) atoms. The van der Waals surface area contributed by atoms with Gasteiger partial charge in [0.15, 0.2) is 0 Å². The summed E-state index contributed by atoms with van der Waals surface area (Å²) in [5.74, 6) is -0.687. The fourth-order valence-corrected chi connectivity index (χ4v) is 1.85. The standard InChI is InChI=1S/C8H12BrNO4/c1-14-8(13)6-2-5(11)4-10(6)7(12)3-9/h5-6,11H,2-4H2,1H3/t5-,6-/m1/s1. The number of esters is 1. The number of carbonyl (C=O) groups excluding carboxylic acids is 2. The van der Waals surface area contributed by atoms with Crippen LogP contribution in [0.15, 0.2) is 0 Å². The average Bonchev–Trinajstić information content (AvgIpc) is 2.58. The van der Waals surface area contributed by atoms with Crippen LogP contribution in [0.25, 0.3) is 0 Å². The van der Waals surface area contributed by atoms with Crippen molar-refractivity contribution in [1.82, 2.24) is 4.90 Å². The Morgan fingerprint density at radius 1 is 1.64 bits per heavy atom. The summed E-state index contributed by atoms with van der Waals surface area (Å²) in [7, 11) is 1.27. The number of rotatable bonds is 2. The molecule has 0 unspecified atom stereocenters. The van der Waals surface area contributed by atoms with Gasteiger partial charge in [0.1, 0.15) is 6.04 Å². The highest BCUT2D eigenvalue weighted by Gasteiger charge is 2.38. The first-order chi connectivity index (χ1) is 6.60. The molecular weight excluding hydrogens is 254 g/mol. The van der Waals surface area contributed by atoms with E-state index in [4.69, 9.17) is 0 Å². The second-order valence-corrected chi connectivity index (χ2v) is 3.67. The molecule has 0 aromatic heterocycles. The minimum atomic E-state index is -0.639. The van der Waals surface area contributed by atoms with Gasteiger partial charge in [-0.15, -0.1) is 0 Å². The van der Waals surface area contributed by atoms with Gasteiger partial charge < -0.3 is 14.7 Å². The highest BCUT2D eigenvalue weighted by atomic mass is 79.9. The largest absolute Gasteiger partial charge is 0.467 e. The van der Waals surface area contributed by atoms with Crippen molar-refractivity contribution in [3.8, 4) is 0 Å². The molecule has 6 heteroatoms. The number of hydrogen-bond acceptors (Lipinski definition) is 4. The Morgan fingerprint density at radius 3 is 2.79 bits per heavy atom. The first-order valence-corrected chi connectivity index (χ1v) is 5.33. The zero-order valence-corrected chi connectivity index (χ0v) is 9.36. The SMILES string of the molecule is COC(=O)[C@H]1C[C@@H](O)CN1C(=O)CBr. The molecule has 1 aliphatic rings. The number of nitrogens with zero attached hydrogens (tertiary/aromatic N) is 1. The van der Waals surface area contributed by atoms with E-state index in [0.717, 1.165) is 0 Å². The Morgan fingerprint density at radius 2 is 2.29 bits per heavy atom. The highest BCUT2D eigenvalue weighted by molar-refractivity contribution is 9.09. The molecular formula is C8H12BrNO4. The van der Waals surface area contributed by atoms with Crippen molar-refractivity contribution in [2.75, 3.05) is 19.0 Å². The quantitative estimate of drug-likeness (QED) is 0.541. The van der Waals surface area contributed by atoms with Crippen molar-refractivity contribution in [3.63, 3.8) is 0 Å². The van der Waals surface area contributed by atoms with Gasteiger partial charge in [-0.2, -0.15) is 0 Å². The van der Waals surface area contributed by atoms with Gasteiger partial charge >= 0.3 is 5.97 Å². The molecule has 1 N–H and O–H groups in total. The van der Waals surface area contributed by atoms with Gasteiger partial charge in [0, 0.05) is 13.0 Å². The van der Waals surface area contributed by atoms with Crippen LogP contribution in [-0.2, 0) is 14.3 Å². The van der Waals surface area contributed by atoms with Crippen LogP contribution in [0.1, 0.15) is 6.42 Å². The number of β-amino-alcohol motifs (C(OH)–C–C–N with tert-alkyl or cyclic N) is 1. The maximum absolute atomic E-state index is 11.4. The summed E-state index contributed by atoms with van der Waals surface area (Å²) in [5.41, 5.74) is 0. The van der Waals surface area contributed by atoms with E-state index in [1.165, 1.54) is 12.0 Å². The number of carbonyl (C=O) groups is 2. The first kappa shape index (κ1) is 11.5. The molecule has 0 aromatic rings. The Hall–Kier alpha value is -0.620. The number of halogens is 1. The van der Waals surface area contributed by atoms with E-state index in [0.29, 0.717) is 0 Å². The van der Waals surface area contributed by atoms with Crippen LogP contribution in [0.5, 0.6) is 0 Å². The number of methoxy groups -OCH3 is 1. The summed E-state index contributed by atoms with van der Waals surface area (Å²) in [5, 5.41) is 9.49. The van der Waals surface area contributed by atoms with Crippen LogP contribution < -0.4 is 0 Å². The van der Waals surface area contributed by atoms with E-state index in [2.05, 4.69) is 20.7 Å². The van der Waals surface area contributed by atoms with Gasteiger partial charge in [0.2, 0.25) is 5.91 Å². The third kappa shape index (κ3) is 2.24. The first-order valence-electron chi connectivity index (χ1n) is 4.21. The molecule has 0 bridgehead atoms. The minimum Gasteiger partial charge on any atom is -0.467 e. The van der Waals surface area contributed by atoms with Gasteiger partial charge in [0.05, 0.1) is 18.5 Å². The van der Waals surface area contributed by atoms with Crippen molar-refractivity contribution in [3.05, 3.63) is 0 Å². The van der Waals surface area contributed by atoms with Crippen LogP contribution in [0.3, 0.4) is 0 Å². The predicted octanol–water partition coefficient (Wildman–Crippen LogP) is -0.484. The van der Waals surface area contributed by atoms with Crippen LogP contribution in [0.2, 0.25) is 0 Å². The molecule has 0 aromatic carbocycles. The van der Waals surface area contributed by atoms with Crippen molar-refractivity contribution in [1.29, 1.82) is 0 Å². The molecule has 1 fully saturated rings. The predicted molar refractivity (Wildman–Crippen MR) is 51.9 cm³/mol. The normalized spacial score (nSPS) is 26.4. The smallest absolute Gasteiger partial charge is 0.328 e. The molecule has 80 valence electrons. The van der Waals surface area contributed by atoms with E-state index in [1.807, 2.05) is 0 Å². The zero-order chi connectivity index (χ0) is 10.7. The van der Waals surface area contributed by atoms with Crippen LogP contribution in [-0.4, -0.2) is 53.0 Å². The Labute approximate surface area is 90.1 Å². The summed E-state index contributed by atoms with van der Waals surface area (Å²) < 4.78 is 4.55. The topological polar surface area (TPSA) is 66.8 Å². The molecule has 1 aliphatic heterocycles. The lowest BCUT2D eigenvalue weighted by atomic mass is 10.2. The van der Waals surface area contributed by atoms with Gasteiger partial charge in [-0.05, 0) is 0 Å².